The minimum absolute atomic E-state index is 0.0244. The number of hydrogen-bond acceptors (Lipinski definition) is 7. The van der Waals surface area contributed by atoms with Gasteiger partial charge in [0.1, 0.15) is 6.10 Å². The number of amides is 1. The lowest BCUT2D eigenvalue weighted by Crippen LogP contribution is -2.51. The number of carbonyl (C=O) groups is 1. The summed E-state index contributed by atoms with van der Waals surface area (Å²) < 4.78 is 38.5. The molecule has 0 spiro atoms. The normalized spacial score (nSPS) is 17.9. The van der Waals surface area contributed by atoms with Gasteiger partial charge in [0.05, 0.1) is 30.3 Å². The molecule has 35 heavy (non-hydrogen) atoms. The van der Waals surface area contributed by atoms with Gasteiger partial charge < -0.3 is 25.0 Å². The van der Waals surface area contributed by atoms with Crippen molar-refractivity contribution in [2.45, 2.75) is 49.8 Å². The van der Waals surface area contributed by atoms with Gasteiger partial charge in [-0.2, -0.15) is 4.31 Å². The van der Waals surface area contributed by atoms with Crippen LogP contribution < -0.4 is 10.4 Å². The lowest BCUT2D eigenvalue weighted by molar-refractivity contribution is -0.268. The zero-order valence-electron chi connectivity index (χ0n) is 20.0. The summed E-state index contributed by atoms with van der Waals surface area (Å²) >= 11 is 0. The average Bonchev–Trinajstić information content (AvgIpc) is 3.31. The molecule has 1 amide bonds. The molecule has 0 unspecified atom stereocenters. The number of sulfonamides is 1. The highest BCUT2D eigenvalue weighted by molar-refractivity contribution is 7.89. The summed E-state index contributed by atoms with van der Waals surface area (Å²) in [5.74, 6) is -0.318. The van der Waals surface area contributed by atoms with E-state index in [2.05, 4.69) is 5.32 Å². The van der Waals surface area contributed by atoms with E-state index < -0.39 is 28.3 Å². The number of nitrogens with zero attached hydrogens (tertiary/aromatic N) is 1. The van der Waals surface area contributed by atoms with Crippen LogP contribution in [0.2, 0.25) is 0 Å². The summed E-state index contributed by atoms with van der Waals surface area (Å²) in [6.45, 7) is 4.49. The molecule has 1 aliphatic heterocycles. The standard InChI is InChI=1S/C25H34N2O7S/c1-18(2)15-27(35(31,32)22-10-8-20(28)9-11-22)16-24(29)23(14-19-6-4-3-5-7-19)26-25(30)34-21-12-13-33-17-21/h3-11,18,21,23-24,28-29H,12-17H2,1-2H3,(H,26,30)/p-1/t21-,23-,24+/m0/s1. The number of nitrogens with one attached hydrogen (secondary N) is 1. The highest BCUT2D eigenvalue weighted by atomic mass is 32.2. The number of aliphatic hydroxyl groups is 1. The Kier molecular flexibility index (Phi) is 9.50. The van der Waals surface area contributed by atoms with E-state index in [-0.39, 0.29) is 42.2 Å². The molecule has 0 bridgehead atoms. The zero-order valence-corrected chi connectivity index (χ0v) is 20.8. The molecule has 0 aliphatic carbocycles. The predicted molar refractivity (Wildman–Crippen MR) is 128 cm³/mol. The molecule has 1 heterocycles. The quantitative estimate of drug-likeness (QED) is 0.477. The highest BCUT2D eigenvalue weighted by Gasteiger charge is 2.32. The van der Waals surface area contributed by atoms with E-state index in [0.717, 1.165) is 5.56 Å². The zero-order chi connectivity index (χ0) is 25.4. The van der Waals surface area contributed by atoms with Crippen molar-refractivity contribution in [3.8, 4) is 5.75 Å². The van der Waals surface area contributed by atoms with Crippen LogP contribution in [-0.2, 0) is 25.9 Å². The maximum Gasteiger partial charge on any atom is 0.407 e. The van der Waals surface area contributed by atoms with Crippen molar-refractivity contribution in [1.82, 2.24) is 9.62 Å². The van der Waals surface area contributed by atoms with Crippen LogP contribution in [0, 0.1) is 5.92 Å². The van der Waals surface area contributed by atoms with Gasteiger partial charge in [-0.05, 0) is 30.0 Å². The summed E-state index contributed by atoms with van der Waals surface area (Å²) in [5.41, 5.74) is 0.866. The first-order valence-electron chi connectivity index (χ1n) is 11.7. The first-order valence-corrected chi connectivity index (χ1v) is 13.1. The molecule has 9 nitrogen and oxygen atoms in total. The molecule has 2 N–H and O–H groups in total. The van der Waals surface area contributed by atoms with E-state index in [1.807, 2.05) is 44.2 Å². The van der Waals surface area contributed by atoms with Crippen molar-refractivity contribution >= 4 is 16.1 Å². The van der Waals surface area contributed by atoms with Crippen LogP contribution in [0.1, 0.15) is 25.8 Å². The lowest BCUT2D eigenvalue weighted by atomic mass is 10.0. The molecule has 0 aromatic heterocycles. The smallest absolute Gasteiger partial charge is 0.407 e. The Hall–Kier alpha value is -2.66. The van der Waals surface area contributed by atoms with Gasteiger partial charge in [0, 0.05) is 19.5 Å². The maximum absolute atomic E-state index is 13.3. The second-order valence-electron chi connectivity index (χ2n) is 9.09. The molecule has 1 fully saturated rings. The van der Waals surface area contributed by atoms with Gasteiger partial charge in [0.25, 0.3) is 0 Å². The molecular weight excluding hydrogens is 472 g/mol. The lowest BCUT2D eigenvalue weighted by Gasteiger charge is -2.31. The van der Waals surface area contributed by atoms with Gasteiger partial charge in [0.2, 0.25) is 10.0 Å². The molecule has 3 rings (SSSR count). The van der Waals surface area contributed by atoms with Crippen LogP contribution in [0.3, 0.4) is 0 Å². The van der Waals surface area contributed by atoms with Crippen LogP contribution in [0.4, 0.5) is 4.79 Å². The van der Waals surface area contributed by atoms with Gasteiger partial charge in [-0.15, -0.1) is 5.75 Å². The third-order valence-corrected chi connectivity index (χ3v) is 7.49. The fourth-order valence-corrected chi connectivity index (χ4v) is 5.49. The van der Waals surface area contributed by atoms with E-state index in [9.17, 15) is 23.4 Å². The third kappa shape index (κ3) is 7.93. The molecule has 0 saturated carbocycles. The monoisotopic (exact) mass is 505 g/mol. The van der Waals surface area contributed by atoms with E-state index in [0.29, 0.717) is 19.6 Å². The molecule has 1 aliphatic rings. The Morgan fingerprint density at radius 1 is 1.17 bits per heavy atom. The van der Waals surface area contributed by atoms with Crippen molar-refractivity contribution in [2.75, 3.05) is 26.3 Å². The van der Waals surface area contributed by atoms with Gasteiger partial charge in [0.15, 0.2) is 0 Å². The number of benzene rings is 2. The largest absolute Gasteiger partial charge is 0.872 e. The molecule has 0 radical (unpaired) electrons. The molecule has 3 atom stereocenters. The van der Waals surface area contributed by atoms with Crippen molar-refractivity contribution < 1.29 is 32.9 Å². The van der Waals surface area contributed by atoms with Gasteiger partial charge in [-0.3, -0.25) is 0 Å². The summed E-state index contributed by atoms with van der Waals surface area (Å²) in [6, 6.07) is 13.4. The Bertz CT molecular complexity index is 1040. The summed E-state index contributed by atoms with van der Waals surface area (Å²) in [4.78, 5) is 12.5. The molecular formula is C25H33N2O7S-. The first-order chi connectivity index (χ1) is 16.6. The Labute approximate surface area is 206 Å². The Morgan fingerprint density at radius 3 is 2.46 bits per heavy atom. The Morgan fingerprint density at radius 2 is 1.86 bits per heavy atom. The second kappa shape index (κ2) is 12.3. The van der Waals surface area contributed by atoms with Crippen LogP contribution in [0.25, 0.3) is 0 Å². The minimum atomic E-state index is -3.99. The Balaban J connectivity index is 1.80. The minimum Gasteiger partial charge on any atom is -0.872 e. The number of carbonyl (C=O) groups excluding carboxylic acids is 1. The fraction of sp³-hybridized carbons (Fsp3) is 0.480. The molecule has 10 heteroatoms. The summed E-state index contributed by atoms with van der Waals surface area (Å²) in [5, 5.41) is 25.3. The highest BCUT2D eigenvalue weighted by Crippen LogP contribution is 2.21. The fourth-order valence-electron chi connectivity index (χ4n) is 3.87. The first kappa shape index (κ1) is 26.9. The second-order valence-corrected chi connectivity index (χ2v) is 11.0. The molecule has 2 aromatic rings. The van der Waals surface area contributed by atoms with Gasteiger partial charge in [-0.25, -0.2) is 13.2 Å². The van der Waals surface area contributed by atoms with Crippen LogP contribution in [0.15, 0.2) is 59.5 Å². The number of alkyl carbamates (subject to hydrolysis) is 1. The number of hydrogen-bond donors (Lipinski definition) is 2. The maximum atomic E-state index is 13.3. The van der Waals surface area contributed by atoms with Gasteiger partial charge in [-0.1, -0.05) is 56.3 Å². The van der Waals surface area contributed by atoms with E-state index in [4.69, 9.17) is 9.47 Å². The van der Waals surface area contributed by atoms with Crippen molar-refractivity contribution in [3.63, 3.8) is 0 Å². The topological polar surface area (TPSA) is 128 Å². The van der Waals surface area contributed by atoms with E-state index in [1.54, 1.807) is 0 Å². The van der Waals surface area contributed by atoms with Crippen LogP contribution in [0.5, 0.6) is 5.75 Å². The molecule has 2 aromatic carbocycles. The third-order valence-electron chi connectivity index (χ3n) is 5.65. The number of ether oxygens (including phenoxy) is 2. The summed E-state index contributed by atoms with van der Waals surface area (Å²) in [7, 11) is -3.99. The van der Waals surface area contributed by atoms with E-state index in [1.165, 1.54) is 28.6 Å². The van der Waals surface area contributed by atoms with Crippen LogP contribution in [-0.4, -0.2) is 68.5 Å². The SMILES string of the molecule is CC(C)CN(C[C@@H](O)[C@H](Cc1ccccc1)NC(=O)O[C@H]1CCOC1)S(=O)(=O)c1ccc([O-])cc1. The van der Waals surface area contributed by atoms with E-state index >= 15 is 0 Å². The van der Waals surface area contributed by atoms with Crippen LogP contribution >= 0.6 is 0 Å². The molecule has 192 valence electrons. The van der Waals surface area contributed by atoms with Crippen molar-refractivity contribution in [1.29, 1.82) is 0 Å². The van der Waals surface area contributed by atoms with Crippen molar-refractivity contribution in [2.24, 2.45) is 5.92 Å². The summed E-state index contributed by atoms with van der Waals surface area (Å²) in [6.07, 6.45) is -1.40. The molecule has 1 saturated heterocycles. The predicted octanol–water partition coefficient (Wildman–Crippen LogP) is 1.89. The number of rotatable bonds is 11. The average molecular weight is 506 g/mol. The number of aliphatic hydroxyl groups excluding tert-OH is 1. The van der Waals surface area contributed by atoms with Gasteiger partial charge >= 0.3 is 6.09 Å². The van der Waals surface area contributed by atoms with Crippen molar-refractivity contribution in [3.05, 3.63) is 60.2 Å².